The van der Waals surface area contributed by atoms with Gasteiger partial charge in [-0.1, -0.05) is 12.1 Å². The van der Waals surface area contributed by atoms with Gasteiger partial charge in [0.1, 0.15) is 29.8 Å². The first-order chi connectivity index (χ1) is 15.4. The van der Waals surface area contributed by atoms with Crippen molar-refractivity contribution in [1.29, 1.82) is 0 Å². The maximum absolute atomic E-state index is 12.7. The van der Waals surface area contributed by atoms with E-state index in [0.29, 0.717) is 16.9 Å². The predicted octanol–water partition coefficient (Wildman–Crippen LogP) is -1.28. The Bertz CT molecular complexity index is 1090. The molecule has 0 unspecified atom stereocenters. The Morgan fingerprint density at radius 1 is 1.31 bits per heavy atom. The SMILES string of the molecule is COc1ccc(C[C@@H](N)C(=O)N[C@@H]2[C@@H](O)[C@@H](n3cnc4c(N)ncnc43)O[C@H]2CO)cc1. The van der Waals surface area contributed by atoms with Gasteiger partial charge in [0.15, 0.2) is 17.7 Å². The number of fused-ring (bicyclic) bond motifs is 1. The molecule has 1 amide bonds. The van der Waals surface area contributed by atoms with Gasteiger partial charge in [-0.3, -0.25) is 9.36 Å². The molecule has 4 rings (SSSR count). The molecule has 0 bridgehead atoms. The third kappa shape index (κ3) is 4.08. The van der Waals surface area contributed by atoms with Gasteiger partial charge in [-0.15, -0.1) is 0 Å². The van der Waals surface area contributed by atoms with E-state index < -0.39 is 43.0 Å². The van der Waals surface area contributed by atoms with Crippen LogP contribution in [0.2, 0.25) is 0 Å². The van der Waals surface area contributed by atoms with E-state index in [4.69, 9.17) is 20.9 Å². The minimum atomic E-state index is -1.20. The largest absolute Gasteiger partial charge is 0.497 e. The van der Waals surface area contributed by atoms with Crippen molar-refractivity contribution in [3.63, 3.8) is 0 Å². The molecule has 0 radical (unpaired) electrons. The Balaban J connectivity index is 1.47. The summed E-state index contributed by atoms with van der Waals surface area (Å²) in [6, 6.07) is 5.46. The number of methoxy groups -OCH3 is 1. The third-order valence-corrected chi connectivity index (χ3v) is 5.48. The van der Waals surface area contributed by atoms with Gasteiger partial charge < -0.3 is 36.5 Å². The fraction of sp³-hybridized carbons (Fsp3) is 0.400. The van der Waals surface area contributed by atoms with E-state index in [1.54, 1.807) is 19.2 Å². The standard InChI is InChI=1S/C20H25N7O5/c1-31-11-4-2-10(3-5-11)6-12(21)19(30)26-14-13(7-28)32-20(16(14)29)27-9-25-15-17(22)23-8-24-18(15)27/h2-5,8-9,12-14,16,20,28-29H,6-7,21H2,1H3,(H,26,30)(H2,22,23,24)/t12-,13+,14+,16-,20+/m1/s1. The first kappa shape index (κ1) is 21.9. The van der Waals surface area contributed by atoms with Gasteiger partial charge in [-0.2, -0.15) is 0 Å². The number of imidazole rings is 1. The molecular weight excluding hydrogens is 418 g/mol. The van der Waals surface area contributed by atoms with Crippen LogP contribution in [0.4, 0.5) is 5.82 Å². The van der Waals surface area contributed by atoms with Crippen molar-refractivity contribution in [2.75, 3.05) is 19.5 Å². The lowest BCUT2D eigenvalue weighted by Crippen LogP contribution is -2.53. The van der Waals surface area contributed by atoms with E-state index in [2.05, 4.69) is 20.3 Å². The molecule has 32 heavy (non-hydrogen) atoms. The number of carbonyl (C=O) groups is 1. The lowest BCUT2D eigenvalue weighted by Gasteiger charge is -2.23. The summed E-state index contributed by atoms with van der Waals surface area (Å²) in [5, 5.41) is 23.4. The molecule has 0 spiro atoms. The van der Waals surface area contributed by atoms with Gasteiger partial charge in [0.25, 0.3) is 0 Å². The molecule has 2 aromatic heterocycles. The number of benzene rings is 1. The second-order valence-corrected chi connectivity index (χ2v) is 7.51. The van der Waals surface area contributed by atoms with Crippen molar-refractivity contribution in [2.24, 2.45) is 5.73 Å². The average Bonchev–Trinajstić information content (AvgIpc) is 3.36. The highest BCUT2D eigenvalue weighted by molar-refractivity contribution is 5.82. The van der Waals surface area contributed by atoms with Crippen LogP contribution in [0.15, 0.2) is 36.9 Å². The number of aromatic nitrogens is 4. The van der Waals surface area contributed by atoms with Gasteiger partial charge in [-0.05, 0) is 24.1 Å². The number of nitrogen functional groups attached to an aromatic ring is 1. The third-order valence-electron chi connectivity index (χ3n) is 5.48. The second kappa shape index (κ2) is 9.04. The molecule has 5 atom stereocenters. The van der Waals surface area contributed by atoms with E-state index in [-0.39, 0.29) is 12.2 Å². The Hall–Kier alpha value is -3.32. The normalized spacial score (nSPS) is 23.9. The zero-order chi connectivity index (χ0) is 22.8. The van der Waals surface area contributed by atoms with E-state index in [0.717, 1.165) is 5.56 Å². The Labute approximate surface area is 183 Å². The molecule has 1 saturated heterocycles. The summed E-state index contributed by atoms with van der Waals surface area (Å²) in [7, 11) is 1.57. The molecule has 7 N–H and O–H groups in total. The summed E-state index contributed by atoms with van der Waals surface area (Å²) < 4.78 is 12.4. The Morgan fingerprint density at radius 3 is 2.75 bits per heavy atom. The summed E-state index contributed by atoms with van der Waals surface area (Å²) in [5.41, 5.74) is 13.5. The van der Waals surface area contributed by atoms with Gasteiger partial charge in [0.2, 0.25) is 5.91 Å². The van der Waals surface area contributed by atoms with Gasteiger partial charge >= 0.3 is 0 Å². The number of anilines is 1. The zero-order valence-electron chi connectivity index (χ0n) is 17.3. The number of hydrogen-bond acceptors (Lipinski definition) is 10. The fourth-order valence-electron chi connectivity index (χ4n) is 3.74. The Morgan fingerprint density at radius 2 is 2.06 bits per heavy atom. The number of nitrogens with two attached hydrogens (primary N) is 2. The van der Waals surface area contributed by atoms with Crippen LogP contribution in [0.25, 0.3) is 11.2 Å². The number of ether oxygens (including phenoxy) is 2. The van der Waals surface area contributed by atoms with E-state index in [1.807, 2.05) is 12.1 Å². The molecule has 1 aromatic carbocycles. The van der Waals surface area contributed by atoms with Crippen LogP contribution >= 0.6 is 0 Å². The van der Waals surface area contributed by atoms with Crippen LogP contribution in [0.5, 0.6) is 5.75 Å². The fourth-order valence-corrected chi connectivity index (χ4v) is 3.74. The monoisotopic (exact) mass is 443 g/mol. The number of aliphatic hydroxyl groups excluding tert-OH is 2. The lowest BCUT2D eigenvalue weighted by molar-refractivity contribution is -0.124. The molecule has 3 aromatic rings. The maximum Gasteiger partial charge on any atom is 0.237 e. The summed E-state index contributed by atoms with van der Waals surface area (Å²) >= 11 is 0. The van der Waals surface area contributed by atoms with Gasteiger partial charge in [0.05, 0.1) is 32.1 Å². The van der Waals surface area contributed by atoms with E-state index in [1.165, 1.54) is 17.2 Å². The Kier molecular flexibility index (Phi) is 6.19. The molecule has 12 nitrogen and oxygen atoms in total. The van der Waals surface area contributed by atoms with Crippen molar-refractivity contribution in [3.05, 3.63) is 42.5 Å². The van der Waals surface area contributed by atoms with Crippen molar-refractivity contribution in [2.45, 2.75) is 36.9 Å². The summed E-state index contributed by atoms with van der Waals surface area (Å²) in [6.45, 7) is -0.421. The van der Waals surface area contributed by atoms with Crippen LogP contribution in [0.1, 0.15) is 11.8 Å². The van der Waals surface area contributed by atoms with Gasteiger partial charge in [-0.25, -0.2) is 15.0 Å². The highest BCUT2D eigenvalue weighted by Gasteiger charge is 2.46. The van der Waals surface area contributed by atoms with Crippen LogP contribution in [0.3, 0.4) is 0 Å². The maximum atomic E-state index is 12.7. The lowest BCUT2D eigenvalue weighted by atomic mass is 10.0. The minimum Gasteiger partial charge on any atom is -0.497 e. The number of hydrogen-bond donors (Lipinski definition) is 5. The van der Waals surface area contributed by atoms with Crippen molar-refractivity contribution in [3.8, 4) is 5.75 Å². The number of carbonyl (C=O) groups excluding carboxylic acids is 1. The molecule has 0 aliphatic carbocycles. The molecule has 170 valence electrons. The predicted molar refractivity (Wildman–Crippen MR) is 113 cm³/mol. The first-order valence-electron chi connectivity index (χ1n) is 9.99. The second-order valence-electron chi connectivity index (χ2n) is 7.51. The van der Waals surface area contributed by atoms with Crippen LogP contribution in [-0.4, -0.2) is 73.6 Å². The summed E-state index contributed by atoms with van der Waals surface area (Å²) in [4.78, 5) is 24.9. The topological polar surface area (TPSA) is 184 Å². The minimum absolute atomic E-state index is 0.189. The van der Waals surface area contributed by atoms with Crippen molar-refractivity contribution >= 4 is 22.9 Å². The smallest absolute Gasteiger partial charge is 0.237 e. The first-order valence-corrected chi connectivity index (χ1v) is 9.99. The number of amides is 1. The number of nitrogens with one attached hydrogen (secondary N) is 1. The summed E-state index contributed by atoms with van der Waals surface area (Å²) in [5.74, 6) is 0.415. The molecule has 0 saturated carbocycles. The van der Waals surface area contributed by atoms with Gasteiger partial charge in [0, 0.05) is 0 Å². The quantitative estimate of drug-likeness (QED) is 0.295. The highest BCUT2D eigenvalue weighted by Crippen LogP contribution is 2.32. The van der Waals surface area contributed by atoms with Crippen LogP contribution < -0.4 is 21.5 Å². The van der Waals surface area contributed by atoms with Crippen LogP contribution in [0, 0.1) is 0 Å². The molecule has 1 aliphatic heterocycles. The summed E-state index contributed by atoms with van der Waals surface area (Å²) in [6.07, 6.45) is -0.0265. The van der Waals surface area contributed by atoms with Crippen LogP contribution in [-0.2, 0) is 16.0 Å². The molecule has 3 heterocycles. The molecule has 1 aliphatic rings. The molecule has 12 heteroatoms. The molecule has 1 fully saturated rings. The van der Waals surface area contributed by atoms with Crippen molar-refractivity contribution in [1.82, 2.24) is 24.8 Å². The molecular formula is C20H25N7O5. The van der Waals surface area contributed by atoms with E-state index >= 15 is 0 Å². The van der Waals surface area contributed by atoms with Crippen molar-refractivity contribution < 1.29 is 24.5 Å². The number of rotatable bonds is 7. The van der Waals surface area contributed by atoms with E-state index in [9.17, 15) is 15.0 Å². The average molecular weight is 443 g/mol. The highest BCUT2D eigenvalue weighted by atomic mass is 16.5. The number of nitrogens with zero attached hydrogens (tertiary/aromatic N) is 4. The number of aliphatic hydroxyl groups is 2. The zero-order valence-corrected chi connectivity index (χ0v) is 17.3.